The molecule has 0 heterocycles. The SMILES string of the molecule is Cc1cc(F)ccc1CC(O)C1CCCC1(C)C. The monoisotopic (exact) mass is 250 g/mol. The van der Waals surface area contributed by atoms with Crippen molar-refractivity contribution in [2.45, 2.75) is 52.6 Å². The molecular formula is C16H23FO. The fraction of sp³-hybridized carbons (Fsp3) is 0.625. The number of hydrogen-bond donors (Lipinski definition) is 1. The molecule has 1 nitrogen and oxygen atoms in total. The molecule has 1 saturated carbocycles. The Balaban J connectivity index is 2.09. The third-order valence-electron chi connectivity index (χ3n) is 4.54. The zero-order chi connectivity index (χ0) is 13.3. The first-order valence-electron chi connectivity index (χ1n) is 6.83. The molecule has 0 aromatic heterocycles. The normalized spacial score (nSPS) is 24.2. The maximum Gasteiger partial charge on any atom is 0.123 e. The van der Waals surface area contributed by atoms with Gasteiger partial charge >= 0.3 is 0 Å². The Morgan fingerprint density at radius 1 is 1.44 bits per heavy atom. The van der Waals surface area contributed by atoms with Gasteiger partial charge in [0.05, 0.1) is 6.10 Å². The Morgan fingerprint density at radius 3 is 2.72 bits per heavy atom. The molecule has 1 fully saturated rings. The van der Waals surface area contributed by atoms with Crippen molar-refractivity contribution in [2.75, 3.05) is 0 Å². The van der Waals surface area contributed by atoms with Crippen LogP contribution >= 0.6 is 0 Å². The Bertz CT molecular complexity index is 425. The van der Waals surface area contributed by atoms with Gasteiger partial charge < -0.3 is 5.11 Å². The van der Waals surface area contributed by atoms with Crippen LogP contribution in [0.4, 0.5) is 4.39 Å². The molecule has 1 aliphatic rings. The van der Waals surface area contributed by atoms with E-state index in [-0.39, 0.29) is 17.3 Å². The molecule has 1 aromatic rings. The maximum absolute atomic E-state index is 13.0. The van der Waals surface area contributed by atoms with Crippen molar-refractivity contribution in [1.82, 2.24) is 0 Å². The third-order valence-corrected chi connectivity index (χ3v) is 4.54. The van der Waals surface area contributed by atoms with Crippen LogP contribution in [0.3, 0.4) is 0 Å². The standard InChI is InChI=1S/C16H23FO/c1-11-9-13(17)7-6-12(11)10-15(18)14-5-4-8-16(14,2)3/h6-7,9,14-15,18H,4-5,8,10H2,1-3H3. The zero-order valence-electron chi connectivity index (χ0n) is 11.5. The zero-order valence-corrected chi connectivity index (χ0v) is 11.5. The van der Waals surface area contributed by atoms with Gasteiger partial charge in [-0.1, -0.05) is 26.3 Å². The van der Waals surface area contributed by atoms with Crippen LogP contribution < -0.4 is 0 Å². The van der Waals surface area contributed by atoms with Crippen LogP contribution in [0.1, 0.15) is 44.2 Å². The van der Waals surface area contributed by atoms with Crippen molar-refractivity contribution in [3.05, 3.63) is 35.1 Å². The lowest BCUT2D eigenvalue weighted by molar-refractivity contribution is 0.0541. The quantitative estimate of drug-likeness (QED) is 0.863. The summed E-state index contributed by atoms with van der Waals surface area (Å²) < 4.78 is 13.0. The average molecular weight is 250 g/mol. The van der Waals surface area contributed by atoms with Crippen LogP contribution in [0.2, 0.25) is 0 Å². The van der Waals surface area contributed by atoms with Gasteiger partial charge in [-0.3, -0.25) is 0 Å². The number of rotatable bonds is 3. The van der Waals surface area contributed by atoms with E-state index in [4.69, 9.17) is 0 Å². The molecule has 2 unspecified atom stereocenters. The van der Waals surface area contributed by atoms with Crippen molar-refractivity contribution >= 4 is 0 Å². The van der Waals surface area contributed by atoms with Crippen LogP contribution in [0.5, 0.6) is 0 Å². The van der Waals surface area contributed by atoms with Gasteiger partial charge in [0, 0.05) is 0 Å². The smallest absolute Gasteiger partial charge is 0.123 e. The second-order valence-electron chi connectivity index (χ2n) is 6.33. The van der Waals surface area contributed by atoms with Crippen molar-refractivity contribution < 1.29 is 9.50 Å². The fourth-order valence-corrected chi connectivity index (χ4v) is 3.32. The number of aliphatic hydroxyl groups is 1. The minimum Gasteiger partial charge on any atom is -0.392 e. The minimum atomic E-state index is -0.313. The first kappa shape index (κ1) is 13.5. The van der Waals surface area contributed by atoms with Crippen LogP contribution in [0, 0.1) is 24.1 Å². The molecule has 1 aliphatic carbocycles. The largest absolute Gasteiger partial charge is 0.392 e. The number of hydrogen-bond acceptors (Lipinski definition) is 1. The molecule has 0 aliphatic heterocycles. The molecule has 2 rings (SSSR count). The molecule has 1 aromatic carbocycles. The van der Waals surface area contributed by atoms with E-state index in [0.29, 0.717) is 12.3 Å². The van der Waals surface area contributed by atoms with Gasteiger partial charge in [-0.15, -0.1) is 0 Å². The summed E-state index contributed by atoms with van der Waals surface area (Å²) in [5.74, 6) is 0.161. The highest BCUT2D eigenvalue weighted by molar-refractivity contribution is 5.27. The summed E-state index contributed by atoms with van der Waals surface area (Å²) >= 11 is 0. The van der Waals surface area contributed by atoms with Crippen LogP contribution in [-0.4, -0.2) is 11.2 Å². The lowest BCUT2D eigenvalue weighted by atomic mass is 9.77. The second-order valence-corrected chi connectivity index (χ2v) is 6.33. The van der Waals surface area contributed by atoms with Gasteiger partial charge in [0.1, 0.15) is 5.82 Å². The van der Waals surface area contributed by atoms with E-state index < -0.39 is 0 Å². The van der Waals surface area contributed by atoms with E-state index in [1.807, 2.05) is 6.92 Å². The van der Waals surface area contributed by atoms with Crippen molar-refractivity contribution in [2.24, 2.45) is 11.3 Å². The number of benzene rings is 1. The van der Waals surface area contributed by atoms with Crippen LogP contribution in [0.25, 0.3) is 0 Å². The summed E-state index contributed by atoms with van der Waals surface area (Å²) in [6.07, 6.45) is 3.83. The molecule has 0 saturated heterocycles. The first-order valence-corrected chi connectivity index (χ1v) is 6.83. The highest BCUT2D eigenvalue weighted by atomic mass is 19.1. The van der Waals surface area contributed by atoms with Crippen molar-refractivity contribution in [1.29, 1.82) is 0 Å². The third kappa shape index (κ3) is 2.74. The molecular weight excluding hydrogens is 227 g/mol. The van der Waals surface area contributed by atoms with E-state index in [1.165, 1.54) is 18.9 Å². The summed E-state index contributed by atoms with van der Waals surface area (Å²) in [6.45, 7) is 6.39. The molecule has 1 N–H and O–H groups in total. The van der Waals surface area contributed by atoms with Crippen molar-refractivity contribution in [3.8, 4) is 0 Å². The lowest BCUT2D eigenvalue weighted by Gasteiger charge is -2.31. The second kappa shape index (κ2) is 5.00. The molecule has 18 heavy (non-hydrogen) atoms. The molecule has 2 atom stereocenters. The minimum absolute atomic E-state index is 0.202. The predicted molar refractivity (Wildman–Crippen MR) is 72.0 cm³/mol. The summed E-state index contributed by atoms with van der Waals surface area (Å²) in [6, 6.07) is 4.83. The lowest BCUT2D eigenvalue weighted by Crippen LogP contribution is -2.31. The van der Waals surface area contributed by atoms with Gasteiger partial charge in [0.25, 0.3) is 0 Å². The maximum atomic E-state index is 13.0. The summed E-state index contributed by atoms with van der Waals surface area (Å²) in [7, 11) is 0. The Kier molecular flexibility index (Phi) is 3.76. The van der Waals surface area contributed by atoms with E-state index in [9.17, 15) is 9.50 Å². The highest BCUT2D eigenvalue weighted by Gasteiger charge is 2.38. The van der Waals surface area contributed by atoms with E-state index in [2.05, 4.69) is 13.8 Å². The van der Waals surface area contributed by atoms with E-state index >= 15 is 0 Å². The molecule has 0 radical (unpaired) electrons. The summed E-state index contributed by atoms with van der Waals surface area (Å²) in [4.78, 5) is 0. The van der Waals surface area contributed by atoms with Gasteiger partial charge in [-0.05, 0) is 60.8 Å². The molecule has 100 valence electrons. The Hall–Kier alpha value is -0.890. The van der Waals surface area contributed by atoms with Gasteiger partial charge in [-0.25, -0.2) is 4.39 Å². The van der Waals surface area contributed by atoms with E-state index in [1.54, 1.807) is 12.1 Å². The molecule has 0 spiro atoms. The molecule has 0 bridgehead atoms. The summed E-state index contributed by atoms with van der Waals surface area (Å²) in [5, 5.41) is 10.4. The fourth-order valence-electron chi connectivity index (χ4n) is 3.32. The van der Waals surface area contributed by atoms with Crippen molar-refractivity contribution in [3.63, 3.8) is 0 Å². The first-order chi connectivity index (χ1) is 8.40. The van der Waals surface area contributed by atoms with Gasteiger partial charge in [-0.2, -0.15) is 0 Å². The number of aliphatic hydroxyl groups excluding tert-OH is 1. The van der Waals surface area contributed by atoms with Crippen LogP contribution in [0.15, 0.2) is 18.2 Å². The predicted octanol–water partition coefficient (Wildman–Crippen LogP) is 3.86. The molecule has 2 heteroatoms. The van der Waals surface area contributed by atoms with Crippen LogP contribution in [-0.2, 0) is 6.42 Å². The Labute approximate surface area is 109 Å². The Morgan fingerprint density at radius 2 is 2.17 bits per heavy atom. The van der Waals surface area contributed by atoms with Gasteiger partial charge in [0.2, 0.25) is 0 Å². The number of aryl methyl sites for hydroxylation is 1. The van der Waals surface area contributed by atoms with E-state index in [0.717, 1.165) is 17.5 Å². The average Bonchev–Trinajstić information content (AvgIpc) is 2.62. The number of halogens is 1. The van der Waals surface area contributed by atoms with Gasteiger partial charge in [0.15, 0.2) is 0 Å². The highest BCUT2D eigenvalue weighted by Crippen LogP contribution is 2.45. The summed E-state index contributed by atoms with van der Waals surface area (Å²) in [5.41, 5.74) is 2.23. The topological polar surface area (TPSA) is 20.2 Å². The molecule has 0 amide bonds.